The maximum absolute atomic E-state index is 13.3. The Labute approximate surface area is 252 Å². The van der Waals surface area contributed by atoms with Crippen LogP contribution in [0.15, 0.2) is 53.3 Å². The monoisotopic (exact) mass is 592 g/mol. The summed E-state index contributed by atoms with van der Waals surface area (Å²) in [5.41, 5.74) is 2.00. The number of aromatic amines is 1. The highest BCUT2D eigenvalue weighted by Crippen LogP contribution is 2.30. The molecule has 1 amide bonds. The van der Waals surface area contributed by atoms with Crippen molar-refractivity contribution in [3.05, 3.63) is 75.6 Å². The number of likely N-dealkylation sites (tertiary alicyclic amines) is 1. The highest BCUT2D eigenvalue weighted by atomic mass is 16.6. The number of fused-ring (bicyclic) bond motifs is 1. The van der Waals surface area contributed by atoms with E-state index in [4.69, 9.17) is 9.47 Å². The van der Waals surface area contributed by atoms with Crippen molar-refractivity contribution in [1.82, 2.24) is 20.1 Å². The number of aliphatic hydroxyl groups is 1. The van der Waals surface area contributed by atoms with Crippen molar-refractivity contribution >= 4 is 17.0 Å². The van der Waals surface area contributed by atoms with Gasteiger partial charge in [0.25, 0.3) is 0 Å². The summed E-state index contributed by atoms with van der Waals surface area (Å²) < 4.78 is 11.8. The zero-order valence-electron chi connectivity index (χ0n) is 25.4. The van der Waals surface area contributed by atoms with Gasteiger partial charge in [0, 0.05) is 50.7 Å². The summed E-state index contributed by atoms with van der Waals surface area (Å²) >= 11 is 0. The van der Waals surface area contributed by atoms with Crippen LogP contribution >= 0.6 is 0 Å². The molecule has 0 unspecified atom stereocenters. The van der Waals surface area contributed by atoms with E-state index >= 15 is 0 Å². The molecular formula is C33H44N4O6. The van der Waals surface area contributed by atoms with E-state index in [1.165, 1.54) is 22.6 Å². The minimum Gasteiger partial charge on any atom is -0.506 e. The number of amides is 1. The molecule has 0 saturated carbocycles. The number of phenols is 1. The summed E-state index contributed by atoms with van der Waals surface area (Å²) in [5, 5.41) is 25.5. The molecule has 0 radical (unpaired) electrons. The number of benzene rings is 2. The molecule has 1 aromatic heterocycles. The molecule has 5 rings (SSSR count). The van der Waals surface area contributed by atoms with E-state index in [0.717, 1.165) is 57.7 Å². The number of nitrogens with zero attached hydrogens (tertiary/aromatic N) is 2. The van der Waals surface area contributed by atoms with E-state index in [0.29, 0.717) is 23.9 Å². The molecule has 2 saturated heterocycles. The van der Waals surface area contributed by atoms with Crippen LogP contribution in [-0.4, -0.2) is 88.2 Å². The molecular weight excluding hydrogens is 548 g/mol. The maximum Gasteiger partial charge on any atom is 0.410 e. The molecule has 0 aliphatic carbocycles. The summed E-state index contributed by atoms with van der Waals surface area (Å²) in [5.74, 6) is -0.0871. The second-order valence-electron chi connectivity index (χ2n) is 12.8. The van der Waals surface area contributed by atoms with Crippen molar-refractivity contribution < 1.29 is 24.5 Å². The average molecular weight is 593 g/mol. The predicted molar refractivity (Wildman–Crippen MR) is 165 cm³/mol. The van der Waals surface area contributed by atoms with Gasteiger partial charge in [-0.2, -0.15) is 0 Å². The quantitative estimate of drug-likeness (QED) is 0.312. The fraction of sp³-hybridized carbons (Fsp3) is 0.515. The van der Waals surface area contributed by atoms with Crippen molar-refractivity contribution in [2.24, 2.45) is 0 Å². The number of hydrogen-bond donors (Lipinski definition) is 4. The summed E-state index contributed by atoms with van der Waals surface area (Å²) in [6.45, 7) is 11.3. The van der Waals surface area contributed by atoms with Gasteiger partial charge < -0.3 is 34.9 Å². The van der Waals surface area contributed by atoms with Crippen molar-refractivity contribution in [3.63, 3.8) is 0 Å². The predicted octanol–water partition coefficient (Wildman–Crippen LogP) is 3.70. The third kappa shape index (κ3) is 7.94. The second-order valence-corrected chi connectivity index (χ2v) is 12.8. The van der Waals surface area contributed by atoms with Crippen LogP contribution in [-0.2, 0) is 22.4 Å². The number of ether oxygens (including phenoxy) is 2. The van der Waals surface area contributed by atoms with Gasteiger partial charge in [0.2, 0.25) is 5.56 Å². The minimum absolute atomic E-state index is 0.0138. The lowest BCUT2D eigenvalue weighted by Crippen LogP contribution is -2.55. The maximum atomic E-state index is 13.3. The molecule has 2 aliphatic rings. The Balaban J connectivity index is 1.25. The van der Waals surface area contributed by atoms with Crippen molar-refractivity contribution in [3.8, 4) is 5.75 Å². The van der Waals surface area contributed by atoms with Gasteiger partial charge in [0.15, 0.2) is 0 Å². The van der Waals surface area contributed by atoms with Crippen LogP contribution in [0.1, 0.15) is 56.4 Å². The van der Waals surface area contributed by atoms with E-state index in [2.05, 4.69) is 39.5 Å². The number of aromatic hydroxyl groups is 1. The molecule has 3 heterocycles. The topological polar surface area (TPSA) is 127 Å². The zero-order valence-corrected chi connectivity index (χ0v) is 25.4. The van der Waals surface area contributed by atoms with Gasteiger partial charge >= 0.3 is 6.09 Å². The normalized spacial score (nSPS) is 18.0. The molecule has 10 heteroatoms. The molecule has 232 valence electrons. The minimum atomic E-state index is -1.07. The van der Waals surface area contributed by atoms with Gasteiger partial charge in [-0.25, -0.2) is 4.79 Å². The Bertz CT molecular complexity index is 1470. The van der Waals surface area contributed by atoms with Crippen LogP contribution in [0.25, 0.3) is 10.9 Å². The Morgan fingerprint density at radius 1 is 1.14 bits per heavy atom. The molecule has 43 heavy (non-hydrogen) atoms. The average Bonchev–Trinajstić information content (AvgIpc) is 2.97. The highest BCUT2D eigenvalue weighted by molar-refractivity contribution is 5.87. The first kappa shape index (κ1) is 31.0. The van der Waals surface area contributed by atoms with E-state index in [1.54, 1.807) is 12.1 Å². The van der Waals surface area contributed by atoms with Crippen LogP contribution in [0.5, 0.6) is 5.75 Å². The van der Waals surface area contributed by atoms with Gasteiger partial charge in [-0.1, -0.05) is 30.3 Å². The number of morpholine rings is 1. The Morgan fingerprint density at radius 3 is 2.63 bits per heavy atom. The van der Waals surface area contributed by atoms with Gasteiger partial charge in [-0.05, 0) is 68.9 Å². The first-order chi connectivity index (χ1) is 20.5. The van der Waals surface area contributed by atoms with Crippen LogP contribution < -0.4 is 10.9 Å². The van der Waals surface area contributed by atoms with Crippen LogP contribution in [0.4, 0.5) is 4.79 Å². The molecule has 1 spiro atoms. The summed E-state index contributed by atoms with van der Waals surface area (Å²) in [7, 11) is 0. The zero-order chi connectivity index (χ0) is 30.6. The smallest absolute Gasteiger partial charge is 0.410 e. The molecule has 2 aliphatic heterocycles. The number of nitrogens with one attached hydrogen (secondary N) is 2. The van der Waals surface area contributed by atoms with E-state index in [-0.39, 0.29) is 29.0 Å². The fourth-order valence-corrected chi connectivity index (χ4v) is 5.99. The van der Waals surface area contributed by atoms with Crippen molar-refractivity contribution in [2.75, 3.05) is 45.9 Å². The number of carbonyl (C=O) groups excluding carboxylic acids is 1. The Hall–Kier alpha value is -3.44. The van der Waals surface area contributed by atoms with Gasteiger partial charge in [0.05, 0.1) is 30.4 Å². The van der Waals surface area contributed by atoms with E-state index in [9.17, 15) is 19.8 Å². The van der Waals surface area contributed by atoms with E-state index < -0.39 is 17.8 Å². The first-order valence-corrected chi connectivity index (χ1v) is 15.2. The number of piperidine rings is 1. The molecule has 10 nitrogen and oxygen atoms in total. The number of phenolic OH excluding ortho intramolecular Hbond substituents is 1. The molecule has 3 aromatic rings. The van der Waals surface area contributed by atoms with Gasteiger partial charge in [-0.15, -0.1) is 0 Å². The van der Waals surface area contributed by atoms with E-state index in [1.807, 2.05) is 20.8 Å². The number of pyridine rings is 1. The fourth-order valence-electron chi connectivity index (χ4n) is 5.99. The van der Waals surface area contributed by atoms with Crippen LogP contribution in [0.3, 0.4) is 0 Å². The number of H-pyrrole nitrogens is 1. The first-order valence-electron chi connectivity index (χ1n) is 15.2. The Morgan fingerprint density at radius 2 is 1.91 bits per heavy atom. The Kier molecular flexibility index (Phi) is 9.41. The lowest BCUT2D eigenvalue weighted by Gasteiger charge is -2.44. The number of hydrogen-bond acceptors (Lipinski definition) is 8. The van der Waals surface area contributed by atoms with Crippen LogP contribution in [0.2, 0.25) is 0 Å². The summed E-state index contributed by atoms with van der Waals surface area (Å²) in [6.07, 6.45) is 1.06. The molecule has 4 N–H and O–H groups in total. The number of carbonyl (C=O) groups is 1. The molecule has 0 bridgehead atoms. The standard InChI is InChI=1S/C33H44N4O6/c1-32(2,3)43-31(41)37(21-28(39)25-7-9-27(38)30-26(25)8-10-29(40)35-30)15-11-23-5-4-6-24(19-23)20-36-16-12-33(13-17-36)22-34-14-18-42-33/h4-10,19,28,34,38-39H,11-18,20-22H2,1-3H3,(H,35,40)/t28-/m0/s1. The number of aromatic nitrogens is 1. The lowest BCUT2D eigenvalue weighted by molar-refractivity contribution is -0.100. The second kappa shape index (κ2) is 13.1. The number of aliphatic hydroxyl groups excluding tert-OH is 1. The van der Waals surface area contributed by atoms with Crippen molar-refractivity contribution in [1.29, 1.82) is 0 Å². The third-order valence-electron chi connectivity index (χ3n) is 8.28. The highest BCUT2D eigenvalue weighted by Gasteiger charge is 2.36. The molecule has 2 fully saturated rings. The summed E-state index contributed by atoms with van der Waals surface area (Å²) in [6, 6.07) is 14.4. The summed E-state index contributed by atoms with van der Waals surface area (Å²) in [4.78, 5) is 31.7. The molecule has 2 aromatic carbocycles. The molecule has 1 atom stereocenters. The van der Waals surface area contributed by atoms with Crippen LogP contribution in [0, 0.1) is 0 Å². The van der Waals surface area contributed by atoms with Gasteiger partial charge in [-0.3, -0.25) is 9.69 Å². The number of rotatable bonds is 8. The lowest BCUT2D eigenvalue weighted by atomic mass is 9.90. The largest absolute Gasteiger partial charge is 0.506 e. The SMILES string of the molecule is CC(C)(C)OC(=O)N(CCc1cccc(CN2CCC3(CC2)CNCCO3)c1)C[C@H](O)c1ccc(O)c2[nH]c(=O)ccc12. The van der Waals surface area contributed by atoms with Gasteiger partial charge in [0.1, 0.15) is 11.4 Å². The third-order valence-corrected chi connectivity index (χ3v) is 8.28. The van der Waals surface area contributed by atoms with Crippen molar-refractivity contribution in [2.45, 2.75) is 63.9 Å².